The van der Waals surface area contributed by atoms with Gasteiger partial charge in [-0.05, 0) is 11.5 Å². The van der Waals surface area contributed by atoms with Crippen LogP contribution in [0, 0.1) is 0 Å². The van der Waals surface area contributed by atoms with Crippen LogP contribution in [0.15, 0.2) is 36.4 Å². The number of carbonyl (C=O) groups excluding carboxylic acids is 1. The second-order valence-electron chi connectivity index (χ2n) is 3.76. The molecule has 78 valence electrons. The van der Waals surface area contributed by atoms with Crippen LogP contribution in [0.25, 0.3) is 16.5 Å². The minimum atomic E-state index is -0.362. The highest BCUT2D eigenvalue weighted by molar-refractivity contribution is 6.22. The Hall–Kier alpha value is -2.29. The van der Waals surface area contributed by atoms with Crippen LogP contribution in [0.3, 0.4) is 0 Å². The second-order valence-corrected chi connectivity index (χ2v) is 3.76. The van der Waals surface area contributed by atoms with Gasteiger partial charge in [0.1, 0.15) is 11.5 Å². The van der Waals surface area contributed by atoms with Gasteiger partial charge in [-0.3, -0.25) is 4.79 Å². The number of ketones is 1. The summed E-state index contributed by atoms with van der Waals surface area (Å²) in [5, 5.41) is 20.8. The van der Waals surface area contributed by atoms with Gasteiger partial charge in [0.25, 0.3) is 0 Å². The third kappa shape index (κ3) is 0.997. The van der Waals surface area contributed by atoms with Gasteiger partial charge in [0, 0.05) is 17.0 Å². The van der Waals surface area contributed by atoms with Crippen molar-refractivity contribution in [1.82, 2.24) is 0 Å². The summed E-state index contributed by atoms with van der Waals surface area (Å²) in [7, 11) is 0. The van der Waals surface area contributed by atoms with Gasteiger partial charge in [-0.25, -0.2) is 0 Å². The zero-order valence-electron chi connectivity index (χ0n) is 8.27. The predicted molar refractivity (Wildman–Crippen MR) is 60.5 cm³/mol. The Morgan fingerprint density at radius 1 is 1.00 bits per heavy atom. The van der Waals surface area contributed by atoms with Crippen molar-refractivity contribution in [3.63, 3.8) is 0 Å². The summed E-state index contributed by atoms with van der Waals surface area (Å²) < 4.78 is 0. The molecule has 0 amide bonds. The summed E-state index contributed by atoms with van der Waals surface area (Å²) in [6.45, 7) is 0. The van der Waals surface area contributed by atoms with Crippen molar-refractivity contribution >= 4 is 22.3 Å². The van der Waals surface area contributed by atoms with Crippen molar-refractivity contribution in [2.24, 2.45) is 0 Å². The van der Waals surface area contributed by atoms with Gasteiger partial charge in [-0.15, -0.1) is 0 Å². The van der Waals surface area contributed by atoms with Crippen LogP contribution in [-0.4, -0.2) is 16.0 Å². The van der Waals surface area contributed by atoms with Crippen molar-refractivity contribution < 1.29 is 15.0 Å². The summed E-state index contributed by atoms with van der Waals surface area (Å²) >= 11 is 0. The lowest BCUT2D eigenvalue weighted by atomic mass is 9.90. The molecule has 0 unspecified atom stereocenters. The molecular formula is C13H8O3. The largest absolute Gasteiger partial charge is 0.507 e. The minimum absolute atomic E-state index is 0.0475. The van der Waals surface area contributed by atoms with Crippen LogP contribution in [0.5, 0.6) is 5.75 Å². The summed E-state index contributed by atoms with van der Waals surface area (Å²) in [4.78, 5) is 11.7. The number of allylic oxidation sites excluding steroid dienone is 1. The fourth-order valence-corrected chi connectivity index (χ4v) is 2.11. The number of hydrogen-bond donors (Lipinski definition) is 2. The van der Waals surface area contributed by atoms with Gasteiger partial charge in [-0.2, -0.15) is 0 Å². The number of phenolic OH excluding ortho intramolecular Hbond substituents is 1. The maximum absolute atomic E-state index is 11.7. The van der Waals surface area contributed by atoms with Crippen LogP contribution >= 0.6 is 0 Å². The van der Waals surface area contributed by atoms with E-state index in [1.54, 1.807) is 18.2 Å². The zero-order chi connectivity index (χ0) is 11.3. The molecule has 1 aliphatic carbocycles. The number of hydrogen-bond acceptors (Lipinski definition) is 3. The number of aromatic hydroxyl groups is 1. The van der Waals surface area contributed by atoms with E-state index >= 15 is 0 Å². The van der Waals surface area contributed by atoms with Crippen LogP contribution in [0.1, 0.15) is 15.9 Å². The van der Waals surface area contributed by atoms with E-state index < -0.39 is 0 Å². The number of rotatable bonds is 0. The molecule has 0 heterocycles. The topological polar surface area (TPSA) is 57.5 Å². The van der Waals surface area contributed by atoms with Crippen molar-refractivity contribution in [2.75, 3.05) is 0 Å². The monoisotopic (exact) mass is 212 g/mol. The van der Waals surface area contributed by atoms with Gasteiger partial charge < -0.3 is 10.2 Å². The molecule has 16 heavy (non-hydrogen) atoms. The zero-order valence-corrected chi connectivity index (χ0v) is 8.27. The molecule has 3 rings (SSSR count). The molecule has 3 heteroatoms. The summed E-state index contributed by atoms with van der Waals surface area (Å²) in [5.41, 5.74) is 0.855. The molecule has 0 saturated heterocycles. The van der Waals surface area contributed by atoms with Crippen LogP contribution in [0.2, 0.25) is 0 Å². The van der Waals surface area contributed by atoms with Crippen molar-refractivity contribution in [3.8, 4) is 5.75 Å². The number of aliphatic hydroxyl groups is 1. The van der Waals surface area contributed by atoms with Gasteiger partial charge in [0.05, 0.1) is 5.56 Å². The lowest BCUT2D eigenvalue weighted by Gasteiger charge is -2.15. The first-order valence-corrected chi connectivity index (χ1v) is 4.88. The first-order valence-electron chi connectivity index (χ1n) is 4.88. The Balaban J connectivity index is 2.59. The predicted octanol–water partition coefficient (Wildman–Crippen LogP) is 2.64. The van der Waals surface area contributed by atoms with E-state index in [9.17, 15) is 15.0 Å². The number of benzene rings is 2. The highest BCUT2D eigenvalue weighted by Gasteiger charge is 2.22. The molecular weight excluding hydrogens is 204 g/mol. The third-order valence-corrected chi connectivity index (χ3v) is 2.81. The van der Waals surface area contributed by atoms with Gasteiger partial charge in [0.2, 0.25) is 0 Å². The van der Waals surface area contributed by atoms with Gasteiger partial charge in [-0.1, -0.05) is 24.3 Å². The quantitative estimate of drug-likeness (QED) is 0.705. The maximum Gasteiger partial charge on any atom is 0.193 e. The molecule has 2 N–H and O–H groups in total. The molecule has 2 aromatic rings. The number of carbonyl (C=O) groups is 1. The second kappa shape index (κ2) is 2.85. The Morgan fingerprint density at radius 3 is 2.62 bits per heavy atom. The molecule has 0 spiro atoms. The Kier molecular flexibility index (Phi) is 1.60. The summed E-state index contributed by atoms with van der Waals surface area (Å²) in [6.07, 6.45) is 1.14. The molecule has 1 aliphatic rings. The lowest BCUT2D eigenvalue weighted by molar-refractivity contribution is 0.104. The molecule has 0 aromatic heterocycles. The Bertz CT molecular complexity index is 654. The highest BCUT2D eigenvalue weighted by atomic mass is 16.3. The van der Waals surface area contributed by atoms with E-state index in [1.165, 1.54) is 6.07 Å². The van der Waals surface area contributed by atoms with Gasteiger partial charge >= 0.3 is 0 Å². The minimum Gasteiger partial charge on any atom is -0.507 e. The number of aliphatic hydroxyl groups excluding tert-OH is 1. The normalized spacial score (nSPS) is 14.0. The van der Waals surface area contributed by atoms with E-state index in [0.29, 0.717) is 10.9 Å². The molecule has 0 aliphatic heterocycles. The highest BCUT2D eigenvalue weighted by Crippen LogP contribution is 2.36. The average molecular weight is 212 g/mol. The van der Waals surface area contributed by atoms with E-state index in [4.69, 9.17) is 0 Å². The average Bonchev–Trinajstić information content (AvgIpc) is 2.26. The molecule has 0 bridgehead atoms. The van der Waals surface area contributed by atoms with E-state index in [2.05, 4.69) is 0 Å². The lowest BCUT2D eigenvalue weighted by Crippen LogP contribution is -2.05. The Labute approximate surface area is 91.3 Å². The van der Waals surface area contributed by atoms with Crippen molar-refractivity contribution in [3.05, 3.63) is 47.5 Å². The Morgan fingerprint density at radius 2 is 1.81 bits per heavy atom. The molecule has 0 atom stereocenters. The van der Waals surface area contributed by atoms with E-state index in [1.807, 2.05) is 6.07 Å². The smallest absolute Gasteiger partial charge is 0.193 e. The maximum atomic E-state index is 11.7. The van der Waals surface area contributed by atoms with Crippen molar-refractivity contribution in [1.29, 1.82) is 0 Å². The van der Waals surface area contributed by atoms with Crippen LogP contribution in [-0.2, 0) is 0 Å². The standard InChI is InChI=1S/C13H8O3/c14-9-5-4-7-2-1-3-8-10(15)6-11(16)13(9)12(7)8/h1-6,14-15H. The first-order chi connectivity index (χ1) is 7.68. The van der Waals surface area contributed by atoms with Crippen LogP contribution < -0.4 is 0 Å². The molecule has 0 saturated carbocycles. The summed E-state index contributed by atoms with van der Waals surface area (Å²) in [5.74, 6) is -0.457. The molecule has 0 fully saturated rings. The third-order valence-electron chi connectivity index (χ3n) is 2.81. The SMILES string of the molecule is O=C1C=C(O)c2cccc3ccc(O)c1c23. The fraction of sp³-hybridized carbons (Fsp3) is 0. The molecule has 0 radical (unpaired) electrons. The van der Waals surface area contributed by atoms with E-state index in [0.717, 1.165) is 11.5 Å². The van der Waals surface area contributed by atoms with Crippen LogP contribution in [0.4, 0.5) is 0 Å². The molecule has 2 aromatic carbocycles. The fourth-order valence-electron chi connectivity index (χ4n) is 2.11. The van der Waals surface area contributed by atoms with Crippen molar-refractivity contribution in [2.45, 2.75) is 0 Å². The van der Waals surface area contributed by atoms with Gasteiger partial charge in [0.15, 0.2) is 5.78 Å². The summed E-state index contributed by atoms with van der Waals surface area (Å²) in [6, 6.07) is 8.59. The first kappa shape index (κ1) is 8.97. The van der Waals surface area contributed by atoms with E-state index in [-0.39, 0.29) is 22.9 Å². The molecule has 3 nitrogen and oxygen atoms in total. The number of phenols is 1.